The minimum Gasteiger partial charge on any atom is -0.305 e. The Morgan fingerprint density at radius 3 is 2.35 bits per heavy atom. The van der Waals surface area contributed by atoms with Crippen LogP contribution in [0.3, 0.4) is 0 Å². The average molecular weight is 367 g/mol. The molecule has 0 fully saturated rings. The molecule has 0 unspecified atom stereocenters. The van der Waals surface area contributed by atoms with E-state index in [4.69, 9.17) is 0 Å². The van der Waals surface area contributed by atoms with Crippen molar-refractivity contribution in [2.75, 3.05) is 4.83 Å². The number of sulfonamides is 1. The van der Waals surface area contributed by atoms with Gasteiger partial charge >= 0.3 is 5.69 Å². The Balaban J connectivity index is 1.84. The van der Waals surface area contributed by atoms with Gasteiger partial charge in [-0.3, -0.25) is 4.79 Å². The summed E-state index contributed by atoms with van der Waals surface area (Å²) in [6.45, 7) is 0. The Kier molecular flexibility index (Phi) is 3.62. The molecule has 8 heteroatoms. The summed E-state index contributed by atoms with van der Waals surface area (Å²) in [5, 5.41) is 1.82. The largest absolute Gasteiger partial charge is 0.348 e. The molecule has 7 nitrogen and oxygen atoms in total. The van der Waals surface area contributed by atoms with Gasteiger partial charge in [0.05, 0.1) is 15.8 Å². The molecule has 0 amide bonds. The van der Waals surface area contributed by atoms with Gasteiger partial charge in [0.1, 0.15) is 0 Å². The first-order valence-corrected chi connectivity index (χ1v) is 9.20. The highest BCUT2D eigenvalue weighted by Gasteiger charge is 2.18. The zero-order valence-electron chi connectivity index (χ0n) is 13.3. The van der Waals surface area contributed by atoms with Crippen LogP contribution in [0.4, 0.5) is 0 Å². The molecular formula is C18H13N3O4S. The molecule has 0 spiro atoms. The van der Waals surface area contributed by atoms with Crippen LogP contribution in [0.25, 0.3) is 21.7 Å². The maximum atomic E-state index is 12.7. The van der Waals surface area contributed by atoms with Crippen molar-refractivity contribution in [2.45, 2.75) is 4.90 Å². The number of hydrogen-bond donors (Lipinski definition) is 2. The molecule has 0 bridgehead atoms. The topological polar surface area (TPSA) is 101 Å². The standard InChI is InChI=1S/C18H13N3O4S/c22-17-15-7-3-4-8-16(15)19-18(23)21(17)20-26(24,25)14-10-9-12-5-1-2-6-13(12)11-14/h1-11,20H,(H,19,23). The van der Waals surface area contributed by atoms with Crippen molar-refractivity contribution >= 4 is 31.7 Å². The van der Waals surface area contributed by atoms with E-state index >= 15 is 0 Å². The second-order valence-corrected chi connectivity index (χ2v) is 7.38. The van der Waals surface area contributed by atoms with Gasteiger partial charge in [-0.15, -0.1) is 0 Å². The van der Waals surface area contributed by atoms with Crippen LogP contribution in [0.15, 0.2) is 81.2 Å². The second kappa shape index (κ2) is 5.85. The molecule has 0 aliphatic carbocycles. The van der Waals surface area contributed by atoms with Gasteiger partial charge in [-0.2, -0.15) is 13.1 Å². The molecule has 0 aliphatic heterocycles. The number of aromatic nitrogens is 2. The summed E-state index contributed by atoms with van der Waals surface area (Å²) >= 11 is 0. The summed E-state index contributed by atoms with van der Waals surface area (Å²) in [7, 11) is -4.13. The minimum atomic E-state index is -4.13. The quantitative estimate of drug-likeness (QED) is 0.576. The summed E-state index contributed by atoms with van der Waals surface area (Å²) in [5.74, 6) is 0. The summed E-state index contributed by atoms with van der Waals surface area (Å²) in [6, 6.07) is 18.2. The van der Waals surface area contributed by atoms with Crippen molar-refractivity contribution < 1.29 is 8.42 Å². The van der Waals surface area contributed by atoms with Gasteiger partial charge in [0, 0.05) is 0 Å². The predicted molar refractivity (Wildman–Crippen MR) is 99.3 cm³/mol. The van der Waals surface area contributed by atoms with Crippen LogP contribution in [0.2, 0.25) is 0 Å². The average Bonchev–Trinajstić information content (AvgIpc) is 2.65. The Hall–Kier alpha value is -3.39. The molecule has 2 N–H and O–H groups in total. The lowest BCUT2D eigenvalue weighted by Gasteiger charge is -2.11. The lowest BCUT2D eigenvalue weighted by molar-refractivity contribution is 0.593. The molecule has 4 aromatic rings. The lowest BCUT2D eigenvalue weighted by atomic mass is 10.1. The summed E-state index contributed by atoms with van der Waals surface area (Å²) in [4.78, 5) is 29.1. The molecule has 0 saturated carbocycles. The predicted octanol–water partition coefficient (Wildman–Crippen LogP) is 1.78. The van der Waals surface area contributed by atoms with Crippen LogP contribution < -0.4 is 16.1 Å². The SMILES string of the molecule is O=c1[nH]c2ccccc2c(=O)n1NS(=O)(=O)c1ccc2ccccc2c1. The molecule has 0 radical (unpaired) electrons. The number of aromatic amines is 1. The third-order valence-electron chi connectivity index (χ3n) is 4.05. The normalized spacial score (nSPS) is 11.7. The van der Waals surface area contributed by atoms with E-state index in [0.29, 0.717) is 10.2 Å². The summed E-state index contributed by atoms with van der Waals surface area (Å²) < 4.78 is 25.8. The molecule has 4 rings (SSSR count). The number of hydrogen-bond acceptors (Lipinski definition) is 4. The van der Waals surface area contributed by atoms with Crippen molar-refractivity contribution in [3.8, 4) is 0 Å². The minimum absolute atomic E-state index is 0.0457. The third kappa shape index (κ3) is 2.66. The van der Waals surface area contributed by atoms with E-state index in [9.17, 15) is 18.0 Å². The fraction of sp³-hybridized carbons (Fsp3) is 0. The number of benzene rings is 3. The van der Waals surface area contributed by atoms with Crippen molar-refractivity contribution in [3.05, 3.63) is 87.6 Å². The van der Waals surface area contributed by atoms with E-state index in [0.717, 1.165) is 10.8 Å². The van der Waals surface area contributed by atoms with Gasteiger partial charge < -0.3 is 4.98 Å². The highest BCUT2D eigenvalue weighted by molar-refractivity contribution is 7.92. The zero-order valence-corrected chi connectivity index (χ0v) is 14.2. The number of nitrogens with zero attached hydrogens (tertiary/aromatic N) is 1. The van der Waals surface area contributed by atoms with Crippen LogP contribution in [-0.4, -0.2) is 18.1 Å². The smallest absolute Gasteiger partial charge is 0.305 e. The highest BCUT2D eigenvalue weighted by Crippen LogP contribution is 2.19. The van der Waals surface area contributed by atoms with Crippen LogP contribution in [-0.2, 0) is 10.0 Å². The summed E-state index contributed by atoms with van der Waals surface area (Å²) in [6.07, 6.45) is 0. The van der Waals surface area contributed by atoms with Crippen LogP contribution in [0.5, 0.6) is 0 Å². The molecule has 0 saturated heterocycles. The molecule has 130 valence electrons. The molecule has 26 heavy (non-hydrogen) atoms. The van der Waals surface area contributed by atoms with Gasteiger partial charge in [0.25, 0.3) is 15.6 Å². The number of rotatable bonds is 3. The Morgan fingerprint density at radius 2 is 1.54 bits per heavy atom. The maximum absolute atomic E-state index is 12.7. The van der Waals surface area contributed by atoms with Gasteiger partial charge in [0.2, 0.25) is 0 Å². The van der Waals surface area contributed by atoms with Crippen molar-refractivity contribution in [2.24, 2.45) is 0 Å². The molecule has 0 atom stereocenters. The van der Waals surface area contributed by atoms with Crippen molar-refractivity contribution in [3.63, 3.8) is 0 Å². The van der Waals surface area contributed by atoms with E-state index in [1.807, 2.05) is 12.1 Å². The van der Waals surface area contributed by atoms with Crippen LogP contribution in [0, 0.1) is 0 Å². The Morgan fingerprint density at radius 1 is 0.846 bits per heavy atom. The Labute approximate surface area is 147 Å². The van der Waals surface area contributed by atoms with Gasteiger partial charge in [-0.05, 0) is 35.0 Å². The fourth-order valence-corrected chi connectivity index (χ4v) is 3.79. The van der Waals surface area contributed by atoms with Crippen LogP contribution >= 0.6 is 0 Å². The van der Waals surface area contributed by atoms with E-state index < -0.39 is 21.3 Å². The molecule has 3 aromatic carbocycles. The van der Waals surface area contributed by atoms with E-state index in [1.54, 1.807) is 36.4 Å². The van der Waals surface area contributed by atoms with Gasteiger partial charge in [-0.1, -0.05) is 42.5 Å². The van der Waals surface area contributed by atoms with E-state index in [-0.39, 0.29) is 10.3 Å². The molecule has 1 aromatic heterocycles. The second-order valence-electron chi connectivity index (χ2n) is 5.72. The first-order valence-electron chi connectivity index (χ1n) is 7.71. The van der Waals surface area contributed by atoms with Crippen LogP contribution in [0.1, 0.15) is 0 Å². The van der Waals surface area contributed by atoms with E-state index in [2.05, 4.69) is 9.82 Å². The summed E-state index contributed by atoms with van der Waals surface area (Å²) in [5.41, 5.74) is -1.27. The molecular weight excluding hydrogens is 354 g/mol. The Bertz CT molecular complexity index is 1370. The monoisotopic (exact) mass is 367 g/mol. The van der Waals surface area contributed by atoms with Gasteiger partial charge in [-0.25, -0.2) is 9.63 Å². The first-order chi connectivity index (χ1) is 12.5. The first kappa shape index (κ1) is 16.1. The highest BCUT2D eigenvalue weighted by atomic mass is 32.2. The van der Waals surface area contributed by atoms with Crippen molar-refractivity contribution in [1.29, 1.82) is 0 Å². The van der Waals surface area contributed by atoms with E-state index in [1.165, 1.54) is 18.2 Å². The maximum Gasteiger partial charge on any atom is 0.348 e. The van der Waals surface area contributed by atoms with Crippen molar-refractivity contribution in [1.82, 2.24) is 9.66 Å². The lowest BCUT2D eigenvalue weighted by Crippen LogP contribution is -2.43. The number of fused-ring (bicyclic) bond motifs is 2. The fourth-order valence-electron chi connectivity index (χ4n) is 2.75. The number of para-hydroxylation sites is 1. The molecule has 0 aliphatic rings. The third-order valence-corrected chi connectivity index (χ3v) is 5.35. The zero-order chi connectivity index (χ0) is 18.3. The number of nitrogens with one attached hydrogen (secondary N) is 2. The van der Waals surface area contributed by atoms with Gasteiger partial charge in [0.15, 0.2) is 0 Å². The number of H-pyrrole nitrogens is 1. The molecule has 1 heterocycles.